The van der Waals surface area contributed by atoms with Crippen molar-refractivity contribution < 1.29 is 33.6 Å². The normalized spacial score (nSPS) is 16.9. The van der Waals surface area contributed by atoms with Gasteiger partial charge in [-0.1, -0.05) is 18.2 Å². The maximum atomic E-state index is 13.3. The molecule has 0 bridgehead atoms. The number of benzene rings is 2. The van der Waals surface area contributed by atoms with Crippen LogP contribution >= 0.6 is 0 Å². The predicted octanol–water partition coefficient (Wildman–Crippen LogP) is 3.89. The predicted molar refractivity (Wildman–Crippen MR) is 154 cm³/mol. The van der Waals surface area contributed by atoms with E-state index >= 15 is 0 Å². The number of hydrogen-bond donors (Lipinski definition) is 3. The maximum Gasteiger partial charge on any atom is 0.286 e. The second-order valence-corrected chi connectivity index (χ2v) is 9.85. The molecular formula is C31H35N3O7. The molecule has 0 radical (unpaired) electrons. The van der Waals surface area contributed by atoms with Crippen molar-refractivity contribution in [3.63, 3.8) is 0 Å². The van der Waals surface area contributed by atoms with E-state index in [4.69, 9.17) is 24.1 Å². The number of rotatable bonds is 12. The molecule has 216 valence electrons. The van der Waals surface area contributed by atoms with Crippen LogP contribution in [0.1, 0.15) is 35.2 Å². The van der Waals surface area contributed by atoms with E-state index in [1.807, 2.05) is 54.9 Å². The van der Waals surface area contributed by atoms with Gasteiger partial charge in [0.2, 0.25) is 12.2 Å². The van der Waals surface area contributed by atoms with Crippen LogP contribution in [0.25, 0.3) is 21.8 Å². The number of aromatic amines is 1. The molecule has 0 unspecified atom stereocenters. The van der Waals surface area contributed by atoms with Crippen LogP contribution in [0, 0.1) is 0 Å². The number of methoxy groups -OCH3 is 1. The molecule has 0 fully saturated rings. The van der Waals surface area contributed by atoms with Crippen molar-refractivity contribution in [2.75, 3.05) is 40.1 Å². The lowest BCUT2D eigenvalue weighted by Gasteiger charge is -2.29. The van der Waals surface area contributed by atoms with Gasteiger partial charge in [0.1, 0.15) is 5.75 Å². The molecule has 3 N–H and O–H groups in total. The summed E-state index contributed by atoms with van der Waals surface area (Å²) in [7, 11) is 1.63. The number of nitrogens with zero attached hydrogens (tertiary/aromatic N) is 1. The van der Waals surface area contributed by atoms with Gasteiger partial charge in [0.25, 0.3) is 5.91 Å². The number of aliphatic hydroxyl groups is 1. The van der Waals surface area contributed by atoms with E-state index in [1.54, 1.807) is 17.8 Å². The van der Waals surface area contributed by atoms with Crippen molar-refractivity contribution in [1.82, 2.24) is 14.9 Å². The second kappa shape index (κ2) is 13.0. The Morgan fingerprint density at radius 2 is 2.00 bits per heavy atom. The standard InChI is InChI=1S/C31H35N3O7/c1-20(36)34-19-26(24-5-3-4-6-28(24)34)22-15-29(41-30(16-22)40-14-13-39-12-11-35)31(37)32-10-9-21-18-33-27-8-7-23(38-2)17-25(21)27/h3-8,15,17-19,22,30,33,35H,9-14,16H2,1-2H3,(H,32,37)/t22-,30+/m1/s1. The van der Waals surface area contributed by atoms with E-state index in [0.29, 0.717) is 19.4 Å². The summed E-state index contributed by atoms with van der Waals surface area (Å²) < 4.78 is 24.2. The molecule has 0 saturated heterocycles. The highest BCUT2D eigenvalue weighted by atomic mass is 16.7. The zero-order valence-electron chi connectivity index (χ0n) is 23.2. The Morgan fingerprint density at radius 1 is 1.15 bits per heavy atom. The summed E-state index contributed by atoms with van der Waals surface area (Å²) >= 11 is 0. The number of amides is 1. The SMILES string of the molecule is COc1ccc2[nH]cc(CCNC(=O)C3=C[C@@H](c4cn(C(C)=O)c5ccccc45)C[C@@H](OCCOCCO)O3)c2c1. The molecule has 5 rings (SSSR count). The Balaban J connectivity index is 1.33. The first kappa shape index (κ1) is 28.4. The summed E-state index contributed by atoms with van der Waals surface area (Å²) in [5.74, 6) is 0.285. The van der Waals surface area contributed by atoms with E-state index in [0.717, 1.165) is 38.7 Å². The zero-order valence-corrected chi connectivity index (χ0v) is 23.2. The number of para-hydroxylation sites is 1. The molecule has 0 spiro atoms. The molecule has 10 heteroatoms. The molecule has 0 aliphatic carbocycles. The highest BCUT2D eigenvalue weighted by Gasteiger charge is 2.30. The van der Waals surface area contributed by atoms with Crippen LogP contribution in [0.4, 0.5) is 0 Å². The van der Waals surface area contributed by atoms with Gasteiger partial charge in [-0.05, 0) is 47.9 Å². The summed E-state index contributed by atoms with van der Waals surface area (Å²) in [6, 6.07) is 13.6. The molecule has 1 aliphatic rings. The first-order valence-corrected chi connectivity index (χ1v) is 13.7. The fourth-order valence-corrected chi connectivity index (χ4v) is 5.19. The molecule has 4 aromatic rings. The summed E-state index contributed by atoms with van der Waals surface area (Å²) in [6.45, 7) is 2.61. The third-order valence-electron chi connectivity index (χ3n) is 7.18. The van der Waals surface area contributed by atoms with Gasteiger partial charge in [-0.2, -0.15) is 0 Å². The van der Waals surface area contributed by atoms with E-state index in [-0.39, 0.29) is 49.9 Å². The van der Waals surface area contributed by atoms with Gasteiger partial charge in [-0.15, -0.1) is 0 Å². The van der Waals surface area contributed by atoms with Crippen LogP contribution in [0.3, 0.4) is 0 Å². The third-order valence-corrected chi connectivity index (χ3v) is 7.18. The monoisotopic (exact) mass is 561 g/mol. The molecule has 1 aliphatic heterocycles. The van der Waals surface area contributed by atoms with E-state index in [1.165, 1.54) is 6.92 Å². The number of carbonyl (C=O) groups excluding carboxylic acids is 2. The van der Waals surface area contributed by atoms with Crippen LogP contribution in [0.2, 0.25) is 0 Å². The molecule has 2 atom stereocenters. The summed E-state index contributed by atoms with van der Waals surface area (Å²) in [5.41, 5.74) is 3.80. The Hall–Kier alpha value is -4.12. The van der Waals surface area contributed by atoms with Gasteiger partial charge in [-0.3, -0.25) is 14.2 Å². The third kappa shape index (κ3) is 6.45. The van der Waals surface area contributed by atoms with Gasteiger partial charge in [0, 0.05) is 54.5 Å². The fourth-order valence-electron chi connectivity index (χ4n) is 5.19. The van der Waals surface area contributed by atoms with Crippen LogP contribution in [0.5, 0.6) is 5.75 Å². The van der Waals surface area contributed by atoms with Gasteiger partial charge in [-0.25, -0.2) is 0 Å². The number of aliphatic hydroxyl groups excluding tert-OH is 1. The molecule has 10 nitrogen and oxygen atoms in total. The Kier molecular flexibility index (Phi) is 9.03. The average molecular weight is 562 g/mol. The molecular weight excluding hydrogens is 526 g/mol. The van der Waals surface area contributed by atoms with E-state index in [2.05, 4.69) is 10.3 Å². The number of H-pyrrole nitrogens is 1. The first-order chi connectivity index (χ1) is 20.0. The molecule has 1 amide bonds. The Bertz CT molecular complexity index is 1550. The van der Waals surface area contributed by atoms with Crippen LogP contribution in [0.15, 0.2) is 66.7 Å². The summed E-state index contributed by atoms with van der Waals surface area (Å²) in [5, 5.41) is 13.9. The van der Waals surface area contributed by atoms with Gasteiger partial charge < -0.3 is 34.4 Å². The number of ether oxygens (including phenoxy) is 4. The zero-order chi connectivity index (χ0) is 28.8. The number of allylic oxidation sites excluding steroid dienone is 1. The highest BCUT2D eigenvalue weighted by molar-refractivity contribution is 5.95. The van der Waals surface area contributed by atoms with Crippen LogP contribution in [-0.4, -0.2) is 72.8 Å². The minimum Gasteiger partial charge on any atom is -0.497 e. The fraction of sp³-hybridized carbons (Fsp3) is 0.355. The number of carbonyl (C=O) groups is 2. The topological polar surface area (TPSA) is 124 Å². The average Bonchev–Trinajstić information content (AvgIpc) is 3.58. The number of fused-ring (bicyclic) bond motifs is 2. The van der Waals surface area contributed by atoms with E-state index in [9.17, 15) is 9.59 Å². The van der Waals surface area contributed by atoms with Crippen LogP contribution < -0.4 is 10.1 Å². The van der Waals surface area contributed by atoms with E-state index < -0.39 is 6.29 Å². The molecule has 2 aromatic heterocycles. The van der Waals surface area contributed by atoms with Crippen molar-refractivity contribution in [3.05, 3.63) is 77.8 Å². The smallest absolute Gasteiger partial charge is 0.286 e. The minimum absolute atomic E-state index is 0.0681. The first-order valence-electron chi connectivity index (χ1n) is 13.7. The molecule has 2 aromatic carbocycles. The lowest BCUT2D eigenvalue weighted by Crippen LogP contribution is -2.34. The van der Waals surface area contributed by atoms with Crippen molar-refractivity contribution in [1.29, 1.82) is 0 Å². The van der Waals surface area contributed by atoms with Gasteiger partial charge in [0.15, 0.2) is 5.76 Å². The van der Waals surface area contributed by atoms with Gasteiger partial charge in [0.05, 0.1) is 39.1 Å². The molecule has 0 saturated carbocycles. The Labute approximate surface area is 237 Å². The highest BCUT2D eigenvalue weighted by Crippen LogP contribution is 2.36. The van der Waals surface area contributed by atoms with Crippen LogP contribution in [-0.2, 0) is 25.4 Å². The second-order valence-electron chi connectivity index (χ2n) is 9.85. The number of nitrogens with one attached hydrogen (secondary N) is 2. The number of hydrogen-bond acceptors (Lipinski definition) is 7. The molecule has 3 heterocycles. The van der Waals surface area contributed by atoms with Crippen molar-refractivity contribution in [2.24, 2.45) is 0 Å². The number of aromatic nitrogens is 2. The molecule has 41 heavy (non-hydrogen) atoms. The lowest BCUT2D eigenvalue weighted by molar-refractivity contribution is -0.151. The van der Waals surface area contributed by atoms with Crippen molar-refractivity contribution in [2.45, 2.75) is 32.0 Å². The maximum absolute atomic E-state index is 13.3. The van der Waals surface area contributed by atoms with Gasteiger partial charge >= 0.3 is 0 Å². The summed E-state index contributed by atoms with van der Waals surface area (Å²) in [4.78, 5) is 28.9. The lowest BCUT2D eigenvalue weighted by atomic mass is 9.92. The summed E-state index contributed by atoms with van der Waals surface area (Å²) in [6.07, 6.45) is 5.96. The minimum atomic E-state index is -0.691. The quantitative estimate of drug-likeness (QED) is 0.224. The van der Waals surface area contributed by atoms with Crippen molar-refractivity contribution >= 4 is 33.6 Å². The largest absolute Gasteiger partial charge is 0.497 e. The van der Waals surface area contributed by atoms with Crippen molar-refractivity contribution in [3.8, 4) is 5.75 Å². The Morgan fingerprint density at radius 3 is 2.80 bits per heavy atom.